The first kappa shape index (κ1) is 21.7. The molecule has 2 amide bonds. The Morgan fingerprint density at radius 1 is 1.09 bits per heavy atom. The maximum Gasteiger partial charge on any atom is 0.332 e. The molecule has 14 heteroatoms. The fraction of sp³-hybridized carbons (Fsp3) is 0.222. The largest absolute Gasteiger partial charge is 0.332 e. The van der Waals surface area contributed by atoms with Crippen LogP contribution in [0.4, 0.5) is 20.0 Å². The third-order valence-corrected chi connectivity index (χ3v) is 6.61. The second-order valence-electron chi connectivity index (χ2n) is 6.85. The van der Waals surface area contributed by atoms with Crippen LogP contribution in [0.25, 0.3) is 11.2 Å². The highest BCUT2D eigenvalue weighted by atomic mass is 32.2. The van der Waals surface area contributed by atoms with Crippen molar-refractivity contribution in [2.24, 2.45) is 21.1 Å². The number of hydrogen-bond acceptors (Lipinski definition) is 8. The van der Waals surface area contributed by atoms with Crippen molar-refractivity contribution in [2.45, 2.75) is 16.4 Å². The molecule has 0 fully saturated rings. The fourth-order valence-corrected chi connectivity index (χ4v) is 4.60. The summed E-state index contributed by atoms with van der Waals surface area (Å²) in [6.45, 7) is 1.63. The molecule has 0 aliphatic carbocycles. The molecule has 4 aromatic rings. The van der Waals surface area contributed by atoms with Crippen LogP contribution in [0.15, 0.2) is 37.3 Å². The predicted molar refractivity (Wildman–Crippen MR) is 119 cm³/mol. The van der Waals surface area contributed by atoms with Crippen LogP contribution in [0.1, 0.15) is 5.56 Å². The van der Waals surface area contributed by atoms with Crippen LogP contribution in [-0.2, 0) is 21.1 Å². The number of fused-ring (bicyclic) bond motifs is 1. The number of imidazole rings is 1. The van der Waals surface area contributed by atoms with Crippen LogP contribution in [0.3, 0.4) is 0 Å². The van der Waals surface area contributed by atoms with Crippen LogP contribution in [0.2, 0.25) is 0 Å². The molecule has 1 aromatic carbocycles. The first-order valence-electron chi connectivity index (χ1n) is 9.13. The molecule has 0 unspecified atom stereocenters. The Morgan fingerprint density at radius 3 is 2.56 bits per heavy atom. The molecule has 0 spiro atoms. The van der Waals surface area contributed by atoms with E-state index >= 15 is 0 Å². The first-order chi connectivity index (χ1) is 15.2. The monoisotopic (exact) mass is 476 g/mol. The molecule has 0 saturated heterocycles. The van der Waals surface area contributed by atoms with E-state index in [2.05, 4.69) is 25.8 Å². The standard InChI is InChI=1S/C18H17FN8O3S2/c1-8-5-6-9(7-10(8)19)20-14(29)22-15-23-24-17(31-15)32-16-21-12-11(25(16)2)13(28)27(4)18(30)26(12)3/h5-7H,1-4H3,(H2,20,22,23,29). The van der Waals surface area contributed by atoms with Gasteiger partial charge in [0.15, 0.2) is 20.7 Å². The number of urea groups is 1. The van der Waals surface area contributed by atoms with Crippen LogP contribution in [-0.4, -0.2) is 34.9 Å². The lowest BCUT2D eigenvalue weighted by Crippen LogP contribution is -2.37. The second-order valence-corrected chi connectivity index (χ2v) is 9.04. The van der Waals surface area contributed by atoms with E-state index in [1.54, 1.807) is 30.7 Å². The highest BCUT2D eigenvalue weighted by Gasteiger charge is 2.19. The van der Waals surface area contributed by atoms with E-state index < -0.39 is 23.1 Å². The summed E-state index contributed by atoms with van der Waals surface area (Å²) in [6.07, 6.45) is 0. The molecular formula is C18H17FN8O3S2. The summed E-state index contributed by atoms with van der Waals surface area (Å²) in [5, 5.41) is 13.6. The molecule has 0 bridgehead atoms. The number of halogens is 1. The third-order valence-electron chi connectivity index (χ3n) is 4.67. The quantitative estimate of drug-likeness (QED) is 0.432. The van der Waals surface area contributed by atoms with Gasteiger partial charge in [-0.3, -0.25) is 19.2 Å². The number of benzene rings is 1. The number of hydrogen-bond donors (Lipinski definition) is 2. The summed E-state index contributed by atoms with van der Waals surface area (Å²) >= 11 is 2.23. The summed E-state index contributed by atoms with van der Waals surface area (Å²) in [5.74, 6) is -0.424. The van der Waals surface area contributed by atoms with Gasteiger partial charge < -0.3 is 9.88 Å². The van der Waals surface area contributed by atoms with E-state index in [0.29, 0.717) is 20.7 Å². The van der Waals surface area contributed by atoms with Crippen molar-refractivity contribution in [1.82, 2.24) is 28.9 Å². The molecule has 32 heavy (non-hydrogen) atoms. The minimum Gasteiger partial charge on any atom is -0.316 e. The Labute approximate surface area is 187 Å². The summed E-state index contributed by atoms with van der Waals surface area (Å²) in [4.78, 5) is 41.2. The number of aromatic nitrogens is 6. The maximum absolute atomic E-state index is 13.6. The van der Waals surface area contributed by atoms with Gasteiger partial charge in [-0.2, -0.15) is 0 Å². The van der Waals surface area contributed by atoms with Gasteiger partial charge in [0.2, 0.25) is 5.13 Å². The summed E-state index contributed by atoms with van der Waals surface area (Å²) in [5.41, 5.74) is 0.395. The summed E-state index contributed by atoms with van der Waals surface area (Å²) in [7, 11) is 4.61. The van der Waals surface area contributed by atoms with Gasteiger partial charge in [-0.15, -0.1) is 10.2 Å². The topological polar surface area (TPSA) is 129 Å². The fourth-order valence-electron chi connectivity index (χ4n) is 2.90. The smallest absolute Gasteiger partial charge is 0.316 e. The molecule has 4 rings (SSSR count). The Balaban J connectivity index is 1.52. The van der Waals surface area contributed by atoms with E-state index in [1.807, 2.05) is 0 Å². The molecule has 0 radical (unpaired) electrons. The number of carbonyl (C=O) groups excluding carboxylic acids is 1. The van der Waals surface area contributed by atoms with Gasteiger partial charge in [-0.05, 0) is 36.4 Å². The molecule has 11 nitrogen and oxygen atoms in total. The van der Waals surface area contributed by atoms with Crippen molar-refractivity contribution < 1.29 is 9.18 Å². The summed E-state index contributed by atoms with van der Waals surface area (Å²) in [6, 6.07) is 3.77. The number of rotatable bonds is 4. The minimum absolute atomic E-state index is 0.222. The number of aryl methyl sites for hydroxylation is 3. The average Bonchev–Trinajstić information content (AvgIpc) is 3.32. The van der Waals surface area contributed by atoms with Crippen molar-refractivity contribution in [3.05, 3.63) is 50.4 Å². The number of nitrogens with zero attached hydrogens (tertiary/aromatic N) is 6. The number of carbonyl (C=O) groups is 1. The zero-order chi connectivity index (χ0) is 23.2. The van der Waals surface area contributed by atoms with Gasteiger partial charge in [0, 0.05) is 26.8 Å². The van der Waals surface area contributed by atoms with Crippen LogP contribution in [0.5, 0.6) is 0 Å². The van der Waals surface area contributed by atoms with Crippen molar-refractivity contribution in [1.29, 1.82) is 0 Å². The lowest BCUT2D eigenvalue weighted by molar-refractivity contribution is 0.262. The SMILES string of the molecule is Cc1ccc(NC(=O)Nc2nnc(Sc3nc4c(c(=O)n(C)c(=O)n4C)n3C)s2)cc1F. The highest BCUT2D eigenvalue weighted by molar-refractivity contribution is 8.01. The highest BCUT2D eigenvalue weighted by Crippen LogP contribution is 2.32. The second kappa shape index (κ2) is 8.20. The zero-order valence-electron chi connectivity index (χ0n) is 17.3. The zero-order valence-corrected chi connectivity index (χ0v) is 19.0. The van der Waals surface area contributed by atoms with Crippen molar-refractivity contribution >= 4 is 51.1 Å². The van der Waals surface area contributed by atoms with E-state index in [4.69, 9.17) is 0 Å². The molecule has 2 N–H and O–H groups in total. The molecule has 0 aliphatic heterocycles. The third kappa shape index (κ3) is 3.89. The molecule has 166 valence electrons. The molecule has 0 atom stereocenters. The number of amides is 2. The van der Waals surface area contributed by atoms with Gasteiger partial charge in [-0.25, -0.2) is 19.0 Å². The van der Waals surface area contributed by atoms with Gasteiger partial charge in [0.1, 0.15) is 5.82 Å². The lowest BCUT2D eigenvalue weighted by Gasteiger charge is -2.06. The van der Waals surface area contributed by atoms with Crippen molar-refractivity contribution in [3.8, 4) is 0 Å². The molecule has 0 saturated carbocycles. The van der Waals surface area contributed by atoms with E-state index in [9.17, 15) is 18.8 Å². The Morgan fingerprint density at radius 2 is 1.84 bits per heavy atom. The Hall–Kier alpha value is -3.52. The van der Waals surface area contributed by atoms with Crippen LogP contribution in [0, 0.1) is 12.7 Å². The van der Waals surface area contributed by atoms with Crippen LogP contribution >= 0.6 is 23.1 Å². The molecule has 3 aromatic heterocycles. The van der Waals surface area contributed by atoms with Crippen molar-refractivity contribution in [3.63, 3.8) is 0 Å². The average molecular weight is 477 g/mol. The van der Waals surface area contributed by atoms with Gasteiger partial charge in [0.05, 0.1) is 0 Å². The molecule has 0 aliphatic rings. The van der Waals surface area contributed by atoms with Crippen molar-refractivity contribution in [2.75, 3.05) is 10.6 Å². The first-order valence-corrected chi connectivity index (χ1v) is 10.8. The Bertz CT molecular complexity index is 1490. The molecular weight excluding hydrogens is 459 g/mol. The van der Waals surface area contributed by atoms with Crippen LogP contribution < -0.4 is 21.9 Å². The van der Waals surface area contributed by atoms with E-state index in [0.717, 1.165) is 27.7 Å². The van der Waals surface area contributed by atoms with Gasteiger partial charge in [-0.1, -0.05) is 17.4 Å². The predicted octanol–water partition coefficient (Wildman–Crippen LogP) is 2.06. The normalized spacial score (nSPS) is 11.2. The Kier molecular flexibility index (Phi) is 5.56. The van der Waals surface area contributed by atoms with E-state index in [1.165, 1.54) is 24.7 Å². The lowest BCUT2D eigenvalue weighted by atomic mass is 10.2. The van der Waals surface area contributed by atoms with Gasteiger partial charge >= 0.3 is 11.7 Å². The maximum atomic E-state index is 13.6. The number of anilines is 2. The van der Waals surface area contributed by atoms with E-state index in [-0.39, 0.29) is 16.3 Å². The minimum atomic E-state index is -0.595. The molecule has 3 heterocycles. The summed E-state index contributed by atoms with van der Waals surface area (Å²) < 4.78 is 18.0. The number of nitrogens with one attached hydrogen (secondary N) is 2. The van der Waals surface area contributed by atoms with Gasteiger partial charge in [0.25, 0.3) is 5.56 Å².